The van der Waals surface area contributed by atoms with Gasteiger partial charge in [0.15, 0.2) is 0 Å². The van der Waals surface area contributed by atoms with E-state index >= 15 is 0 Å². The molecule has 1 aliphatic rings. The van der Waals surface area contributed by atoms with Gasteiger partial charge in [0.1, 0.15) is 17.3 Å². The fourth-order valence-corrected chi connectivity index (χ4v) is 4.56. The van der Waals surface area contributed by atoms with Gasteiger partial charge in [0, 0.05) is 58.3 Å². The average Bonchev–Trinajstić information content (AvgIpc) is 3.26. The molecule has 4 rings (SSSR count). The van der Waals surface area contributed by atoms with Gasteiger partial charge in [0.25, 0.3) is 5.56 Å². The Labute approximate surface area is 213 Å². The smallest absolute Gasteiger partial charge is 0.378 e. The quantitative estimate of drug-likeness (QED) is 0.510. The summed E-state index contributed by atoms with van der Waals surface area (Å²) in [6.45, 7) is 5.14. The summed E-state index contributed by atoms with van der Waals surface area (Å²) in [5, 5.41) is 3.28. The summed E-state index contributed by atoms with van der Waals surface area (Å²) >= 11 is 0. The van der Waals surface area contributed by atoms with Crippen LogP contribution in [0.1, 0.15) is 18.2 Å². The molecule has 1 aromatic carbocycles. The number of rotatable bonds is 7. The third-order valence-electron chi connectivity index (χ3n) is 6.49. The molecule has 1 N–H and O–H groups in total. The van der Waals surface area contributed by atoms with Crippen LogP contribution in [0.4, 0.5) is 30.4 Å². The van der Waals surface area contributed by atoms with Gasteiger partial charge in [-0.05, 0) is 44.2 Å². The Bertz CT molecular complexity index is 1310. The third kappa shape index (κ3) is 5.41. The zero-order chi connectivity index (χ0) is 26.9. The van der Waals surface area contributed by atoms with Crippen molar-refractivity contribution < 1.29 is 17.9 Å². The summed E-state index contributed by atoms with van der Waals surface area (Å²) in [5.41, 5.74) is -0.506. The van der Waals surface area contributed by atoms with Gasteiger partial charge in [-0.1, -0.05) is 6.07 Å². The predicted octanol–water partition coefficient (Wildman–Crippen LogP) is 3.94. The fraction of sp³-hybridized carbons (Fsp3) is 0.423. The Balaban J connectivity index is 1.70. The number of alkyl halides is 3. The number of anilines is 3. The van der Waals surface area contributed by atoms with Crippen LogP contribution < -0.4 is 20.7 Å². The first kappa shape index (κ1) is 26.5. The van der Waals surface area contributed by atoms with Gasteiger partial charge in [-0.15, -0.1) is 0 Å². The van der Waals surface area contributed by atoms with E-state index in [0.29, 0.717) is 31.1 Å². The molecule has 2 aromatic heterocycles. The maximum atomic E-state index is 14.0. The molecule has 1 aliphatic heterocycles. The van der Waals surface area contributed by atoms with E-state index in [4.69, 9.17) is 4.74 Å². The van der Waals surface area contributed by atoms with Crippen LogP contribution in [0.25, 0.3) is 11.4 Å². The number of nitrogens with one attached hydrogen (secondary N) is 1. The summed E-state index contributed by atoms with van der Waals surface area (Å²) in [4.78, 5) is 26.0. The first-order valence-electron chi connectivity index (χ1n) is 12.0. The van der Waals surface area contributed by atoms with Gasteiger partial charge in [0.05, 0.1) is 23.4 Å². The topological polar surface area (TPSA) is 75.5 Å². The molecule has 0 bridgehead atoms. The highest BCUT2D eigenvalue weighted by Crippen LogP contribution is 2.38. The molecule has 8 nitrogen and oxygen atoms in total. The zero-order valence-electron chi connectivity index (χ0n) is 21.5. The second kappa shape index (κ2) is 10.4. The van der Waals surface area contributed by atoms with Crippen molar-refractivity contribution in [2.45, 2.75) is 32.2 Å². The Morgan fingerprint density at radius 3 is 2.57 bits per heavy atom. The lowest BCUT2D eigenvalue weighted by Crippen LogP contribution is -2.38. The third-order valence-corrected chi connectivity index (χ3v) is 6.49. The number of aromatic nitrogens is 3. The second-order valence-electron chi connectivity index (χ2n) is 9.22. The minimum atomic E-state index is -4.62. The molecule has 3 aromatic rings. The summed E-state index contributed by atoms with van der Waals surface area (Å²) in [5.74, 6) is 0.754. The number of pyridine rings is 1. The van der Waals surface area contributed by atoms with Gasteiger partial charge >= 0.3 is 6.18 Å². The molecule has 0 saturated carbocycles. The Morgan fingerprint density at radius 2 is 1.95 bits per heavy atom. The molecule has 0 spiro atoms. The highest BCUT2D eigenvalue weighted by Gasteiger charge is 2.37. The van der Waals surface area contributed by atoms with Crippen LogP contribution in [-0.2, 0) is 18.0 Å². The van der Waals surface area contributed by atoms with Gasteiger partial charge in [0.2, 0.25) is 0 Å². The summed E-state index contributed by atoms with van der Waals surface area (Å²) in [6, 6.07) is 9.42. The van der Waals surface area contributed by atoms with Crippen molar-refractivity contribution in [1.29, 1.82) is 0 Å². The molecule has 11 heteroatoms. The molecular weight excluding hydrogens is 485 g/mol. The number of nitrogens with zero attached hydrogens (tertiary/aromatic N) is 5. The highest BCUT2D eigenvalue weighted by molar-refractivity contribution is 5.68. The lowest BCUT2D eigenvalue weighted by molar-refractivity contribution is -0.137. The van der Waals surface area contributed by atoms with Crippen LogP contribution in [0.5, 0.6) is 0 Å². The minimum absolute atomic E-state index is 0.0476. The minimum Gasteiger partial charge on any atom is -0.378 e. The van der Waals surface area contributed by atoms with E-state index in [1.54, 1.807) is 38.2 Å². The van der Waals surface area contributed by atoms with E-state index in [1.807, 2.05) is 25.1 Å². The molecule has 1 saturated heterocycles. The summed E-state index contributed by atoms with van der Waals surface area (Å²) in [6.07, 6.45) is -3.12. The first-order valence-corrected chi connectivity index (χ1v) is 12.0. The van der Waals surface area contributed by atoms with Crippen molar-refractivity contribution in [3.8, 4) is 11.4 Å². The monoisotopic (exact) mass is 516 g/mol. The molecule has 2 atom stereocenters. The number of hydrogen-bond acceptors (Lipinski definition) is 7. The van der Waals surface area contributed by atoms with Crippen molar-refractivity contribution >= 4 is 17.2 Å². The van der Waals surface area contributed by atoms with Gasteiger partial charge < -0.3 is 19.9 Å². The van der Waals surface area contributed by atoms with Crippen molar-refractivity contribution in [2.24, 2.45) is 7.05 Å². The highest BCUT2D eigenvalue weighted by atomic mass is 19.4. The van der Waals surface area contributed by atoms with Gasteiger partial charge in [-0.25, -0.2) is 9.97 Å². The number of halogens is 3. The van der Waals surface area contributed by atoms with E-state index < -0.39 is 17.3 Å². The number of aryl methyl sites for hydroxylation is 1. The van der Waals surface area contributed by atoms with Crippen LogP contribution in [0.3, 0.4) is 0 Å². The van der Waals surface area contributed by atoms with Crippen LogP contribution in [0, 0.1) is 6.92 Å². The number of ether oxygens (including phenoxy) is 1. The molecule has 0 aliphatic carbocycles. The maximum absolute atomic E-state index is 14.0. The Hall–Kier alpha value is -3.60. The SMILES string of the molecule is CCO[C@@H]1CN(c2ccccn2)C[C@H]1Nc1c(C)nc(-c2ccc(N(C)C)cc2C(F)(F)F)n(C)c1=O. The van der Waals surface area contributed by atoms with Crippen LogP contribution in [0.2, 0.25) is 0 Å². The maximum Gasteiger partial charge on any atom is 0.417 e. The van der Waals surface area contributed by atoms with E-state index in [2.05, 4.69) is 20.2 Å². The normalized spacial score (nSPS) is 17.8. The number of benzene rings is 1. The predicted molar refractivity (Wildman–Crippen MR) is 138 cm³/mol. The molecule has 3 heterocycles. The molecule has 0 amide bonds. The summed E-state index contributed by atoms with van der Waals surface area (Å²) < 4.78 is 49.0. The van der Waals surface area contributed by atoms with Gasteiger partial charge in [-0.2, -0.15) is 13.2 Å². The standard InChI is InChI=1S/C26H31F3N6O2/c1-6-37-21-15-35(22-9-7-8-12-30-22)14-20(21)32-23-16(2)31-24(34(5)25(23)36)18-11-10-17(33(3)4)13-19(18)26(27,28)29/h7-13,20-21,32H,6,14-15H2,1-5H3/t20-,21-/m1/s1. The van der Waals surface area contributed by atoms with E-state index in [9.17, 15) is 18.0 Å². The van der Waals surface area contributed by atoms with E-state index in [0.717, 1.165) is 16.5 Å². The lowest BCUT2D eigenvalue weighted by atomic mass is 10.0. The molecule has 0 unspecified atom stereocenters. The molecule has 37 heavy (non-hydrogen) atoms. The van der Waals surface area contributed by atoms with Crippen molar-refractivity contribution in [3.05, 3.63) is 64.2 Å². The molecule has 198 valence electrons. The molecular formula is C26H31F3N6O2. The number of hydrogen-bond donors (Lipinski definition) is 1. The largest absolute Gasteiger partial charge is 0.417 e. The van der Waals surface area contributed by atoms with E-state index in [1.165, 1.54) is 13.1 Å². The lowest BCUT2D eigenvalue weighted by Gasteiger charge is -2.23. The average molecular weight is 517 g/mol. The fourth-order valence-electron chi connectivity index (χ4n) is 4.56. The molecule has 1 fully saturated rings. The van der Waals surface area contributed by atoms with Crippen LogP contribution >= 0.6 is 0 Å². The van der Waals surface area contributed by atoms with Crippen LogP contribution in [-0.4, -0.2) is 60.5 Å². The van der Waals surface area contributed by atoms with Crippen molar-refractivity contribution in [2.75, 3.05) is 48.9 Å². The summed E-state index contributed by atoms with van der Waals surface area (Å²) in [7, 11) is 4.77. The van der Waals surface area contributed by atoms with E-state index in [-0.39, 0.29) is 29.2 Å². The second-order valence-corrected chi connectivity index (χ2v) is 9.22. The first-order chi connectivity index (χ1) is 17.5. The van der Waals surface area contributed by atoms with Crippen LogP contribution in [0.15, 0.2) is 47.4 Å². The zero-order valence-corrected chi connectivity index (χ0v) is 21.5. The van der Waals surface area contributed by atoms with Gasteiger partial charge in [-0.3, -0.25) is 9.36 Å². The Morgan fingerprint density at radius 1 is 1.19 bits per heavy atom. The Kier molecular flexibility index (Phi) is 7.44. The van der Waals surface area contributed by atoms with Crippen molar-refractivity contribution in [1.82, 2.24) is 14.5 Å². The van der Waals surface area contributed by atoms with Crippen molar-refractivity contribution in [3.63, 3.8) is 0 Å². The molecule has 0 radical (unpaired) electrons.